The Labute approximate surface area is 131 Å². The van der Waals surface area contributed by atoms with Crippen LogP contribution in [0.1, 0.15) is 63.4 Å². The monoisotopic (exact) mass is 306 g/mol. The van der Waals surface area contributed by atoms with Crippen LogP contribution in [0.4, 0.5) is 0 Å². The van der Waals surface area contributed by atoms with Crippen LogP contribution in [0.3, 0.4) is 0 Å². The first-order valence-corrected chi connectivity index (χ1v) is 9.11. The molecule has 1 aliphatic carbocycles. The van der Waals surface area contributed by atoms with E-state index in [2.05, 4.69) is 41.6 Å². The van der Waals surface area contributed by atoms with E-state index in [0.717, 1.165) is 19.4 Å². The van der Waals surface area contributed by atoms with E-state index < -0.39 is 0 Å². The summed E-state index contributed by atoms with van der Waals surface area (Å²) in [5.41, 5.74) is 0.313. The van der Waals surface area contributed by atoms with Crippen molar-refractivity contribution < 1.29 is 4.79 Å². The molecule has 2 atom stereocenters. The largest absolute Gasteiger partial charge is 0.320 e. The summed E-state index contributed by atoms with van der Waals surface area (Å²) in [7, 11) is 0. The Morgan fingerprint density at radius 2 is 2.19 bits per heavy atom. The maximum absolute atomic E-state index is 12.8. The standard InChI is InChI=1S/C17H26N2OS/c1-3-7-13-16(20)19(12-17(2)9-4-5-10-17)15(18-13)14-8-6-11-21-14/h6,8,11,13,15,18H,3-5,7,9-10,12H2,1-2H3. The lowest BCUT2D eigenvalue weighted by molar-refractivity contribution is -0.131. The van der Waals surface area contributed by atoms with Gasteiger partial charge in [-0.2, -0.15) is 0 Å². The maximum Gasteiger partial charge on any atom is 0.241 e. The van der Waals surface area contributed by atoms with E-state index in [0.29, 0.717) is 11.3 Å². The molecule has 0 radical (unpaired) electrons. The molecule has 3 nitrogen and oxygen atoms in total. The molecule has 1 amide bonds. The number of carbonyl (C=O) groups excluding carboxylic acids is 1. The van der Waals surface area contributed by atoms with Crippen LogP contribution in [-0.2, 0) is 4.79 Å². The molecule has 1 aromatic rings. The van der Waals surface area contributed by atoms with Crippen LogP contribution < -0.4 is 5.32 Å². The van der Waals surface area contributed by atoms with E-state index in [9.17, 15) is 4.79 Å². The summed E-state index contributed by atoms with van der Waals surface area (Å²) in [6.07, 6.45) is 7.21. The first-order valence-electron chi connectivity index (χ1n) is 8.23. The molecule has 0 spiro atoms. The molecule has 116 valence electrons. The second-order valence-electron chi connectivity index (χ2n) is 6.91. The molecule has 1 aliphatic heterocycles. The van der Waals surface area contributed by atoms with Crippen molar-refractivity contribution in [3.8, 4) is 0 Å². The number of carbonyl (C=O) groups is 1. The van der Waals surface area contributed by atoms with Gasteiger partial charge in [0, 0.05) is 11.4 Å². The van der Waals surface area contributed by atoms with Crippen molar-refractivity contribution in [1.82, 2.24) is 10.2 Å². The van der Waals surface area contributed by atoms with Gasteiger partial charge in [-0.05, 0) is 36.1 Å². The molecule has 2 fully saturated rings. The number of amides is 1. The van der Waals surface area contributed by atoms with Crippen LogP contribution >= 0.6 is 11.3 Å². The highest BCUT2D eigenvalue weighted by molar-refractivity contribution is 7.10. The minimum absolute atomic E-state index is 0.00658. The van der Waals surface area contributed by atoms with E-state index in [-0.39, 0.29) is 12.2 Å². The van der Waals surface area contributed by atoms with Crippen LogP contribution in [0.25, 0.3) is 0 Å². The Hall–Kier alpha value is -0.870. The van der Waals surface area contributed by atoms with Crippen molar-refractivity contribution in [2.24, 2.45) is 5.41 Å². The van der Waals surface area contributed by atoms with Gasteiger partial charge in [0.25, 0.3) is 0 Å². The van der Waals surface area contributed by atoms with Crippen molar-refractivity contribution in [1.29, 1.82) is 0 Å². The number of nitrogens with one attached hydrogen (secondary N) is 1. The third kappa shape index (κ3) is 3.02. The number of nitrogens with zero attached hydrogens (tertiary/aromatic N) is 1. The number of thiophene rings is 1. The summed E-state index contributed by atoms with van der Waals surface area (Å²) >= 11 is 1.75. The molecule has 0 bridgehead atoms. The van der Waals surface area contributed by atoms with Gasteiger partial charge < -0.3 is 4.90 Å². The lowest BCUT2D eigenvalue weighted by Gasteiger charge is -2.33. The normalized spacial score (nSPS) is 28.5. The summed E-state index contributed by atoms with van der Waals surface area (Å²) < 4.78 is 0. The van der Waals surface area contributed by atoms with Crippen LogP contribution in [0.15, 0.2) is 17.5 Å². The first-order chi connectivity index (χ1) is 10.1. The van der Waals surface area contributed by atoms with Crippen molar-refractivity contribution in [2.45, 2.75) is 64.6 Å². The van der Waals surface area contributed by atoms with Gasteiger partial charge in [0.05, 0.1) is 6.04 Å². The summed E-state index contributed by atoms with van der Waals surface area (Å²) in [5, 5.41) is 5.67. The zero-order valence-corrected chi connectivity index (χ0v) is 13.9. The molecule has 4 heteroatoms. The first kappa shape index (κ1) is 15.0. The van der Waals surface area contributed by atoms with Crippen LogP contribution in [0.2, 0.25) is 0 Å². The van der Waals surface area contributed by atoms with Crippen LogP contribution in [0, 0.1) is 5.41 Å². The summed E-state index contributed by atoms with van der Waals surface area (Å²) in [6.45, 7) is 5.41. The van der Waals surface area contributed by atoms with Gasteiger partial charge in [-0.3, -0.25) is 10.1 Å². The highest BCUT2D eigenvalue weighted by Gasteiger charge is 2.43. The molecule has 2 aliphatic rings. The highest BCUT2D eigenvalue weighted by atomic mass is 32.1. The molecule has 2 heterocycles. The average Bonchev–Trinajstić information content (AvgIpc) is 3.17. The molecular weight excluding hydrogens is 280 g/mol. The van der Waals surface area contributed by atoms with Gasteiger partial charge in [0.2, 0.25) is 5.91 Å². The quantitative estimate of drug-likeness (QED) is 0.894. The lowest BCUT2D eigenvalue weighted by atomic mass is 9.88. The maximum atomic E-state index is 12.8. The molecule has 1 N–H and O–H groups in total. The van der Waals surface area contributed by atoms with E-state index >= 15 is 0 Å². The van der Waals surface area contributed by atoms with Crippen molar-refractivity contribution in [3.63, 3.8) is 0 Å². The molecular formula is C17H26N2OS. The lowest BCUT2D eigenvalue weighted by Crippen LogP contribution is -2.38. The Balaban J connectivity index is 1.81. The van der Waals surface area contributed by atoms with Crippen molar-refractivity contribution in [3.05, 3.63) is 22.4 Å². The molecule has 21 heavy (non-hydrogen) atoms. The van der Waals surface area contributed by atoms with Gasteiger partial charge in [-0.15, -0.1) is 11.3 Å². The smallest absolute Gasteiger partial charge is 0.241 e. The second kappa shape index (κ2) is 6.09. The van der Waals surface area contributed by atoms with Crippen molar-refractivity contribution >= 4 is 17.2 Å². The Morgan fingerprint density at radius 1 is 1.43 bits per heavy atom. The third-order valence-corrected chi connectivity index (χ3v) is 5.93. The number of hydrogen-bond acceptors (Lipinski definition) is 3. The fraction of sp³-hybridized carbons (Fsp3) is 0.706. The van der Waals surface area contributed by atoms with E-state index in [4.69, 9.17) is 0 Å². The Kier molecular flexibility index (Phi) is 4.36. The summed E-state index contributed by atoms with van der Waals surface area (Å²) in [6, 6.07) is 4.23. The van der Waals surface area contributed by atoms with Crippen LogP contribution in [-0.4, -0.2) is 23.4 Å². The minimum Gasteiger partial charge on any atom is -0.320 e. The number of hydrogen-bond donors (Lipinski definition) is 1. The fourth-order valence-corrected chi connectivity index (χ4v) is 4.62. The molecule has 0 aromatic carbocycles. The third-order valence-electron chi connectivity index (χ3n) is 5.00. The minimum atomic E-state index is 0.00658. The van der Waals surface area contributed by atoms with Crippen molar-refractivity contribution in [2.75, 3.05) is 6.54 Å². The molecule has 1 aromatic heterocycles. The topological polar surface area (TPSA) is 32.3 Å². The van der Waals surface area contributed by atoms with Gasteiger partial charge in [0.15, 0.2) is 0 Å². The molecule has 1 saturated carbocycles. The predicted molar refractivity (Wildman–Crippen MR) is 87.2 cm³/mol. The summed E-state index contributed by atoms with van der Waals surface area (Å²) in [5.74, 6) is 0.309. The van der Waals surface area contributed by atoms with Gasteiger partial charge in [0.1, 0.15) is 6.17 Å². The van der Waals surface area contributed by atoms with Gasteiger partial charge in [-0.25, -0.2) is 0 Å². The fourth-order valence-electron chi connectivity index (χ4n) is 3.82. The van der Waals surface area contributed by atoms with Gasteiger partial charge in [-0.1, -0.05) is 39.2 Å². The SMILES string of the molecule is CCCC1NC(c2cccs2)N(CC2(C)CCCC2)C1=O. The zero-order chi connectivity index (χ0) is 14.9. The Morgan fingerprint density at radius 3 is 2.81 bits per heavy atom. The zero-order valence-electron chi connectivity index (χ0n) is 13.1. The molecule has 3 rings (SSSR count). The number of rotatable bonds is 5. The van der Waals surface area contributed by atoms with E-state index in [1.165, 1.54) is 30.6 Å². The highest BCUT2D eigenvalue weighted by Crippen LogP contribution is 2.41. The second-order valence-corrected chi connectivity index (χ2v) is 7.89. The molecule has 2 unspecified atom stereocenters. The van der Waals surface area contributed by atoms with Gasteiger partial charge >= 0.3 is 0 Å². The summed E-state index contributed by atoms with van der Waals surface area (Å²) in [4.78, 5) is 16.2. The van der Waals surface area contributed by atoms with E-state index in [1.807, 2.05) is 0 Å². The van der Waals surface area contributed by atoms with Crippen LogP contribution in [0.5, 0.6) is 0 Å². The molecule has 1 saturated heterocycles. The average molecular weight is 306 g/mol. The predicted octanol–water partition coefficient (Wildman–Crippen LogP) is 3.93. The van der Waals surface area contributed by atoms with E-state index in [1.54, 1.807) is 11.3 Å². The Bertz CT molecular complexity index is 479.